The van der Waals surface area contributed by atoms with Gasteiger partial charge in [0.1, 0.15) is 5.60 Å². The summed E-state index contributed by atoms with van der Waals surface area (Å²) < 4.78 is 11.0. The molecule has 0 saturated carbocycles. The molecule has 17 heavy (non-hydrogen) atoms. The number of nitrogens with one attached hydrogen (secondary N) is 1. The first-order valence-electron chi connectivity index (χ1n) is 6.46. The van der Waals surface area contributed by atoms with Gasteiger partial charge >= 0.3 is 6.09 Å². The van der Waals surface area contributed by atoms with Gasteiger partial charge in [0.2, 0.25) is 0 Å². The number of hydrogen-bond acceptors (Lipinski definition) is 3. The minimum atomic E-state index is -0.452. The topological polar surface area (TPSA) is 47.6 Å². The number of alkyl carbamates (subject to hydrolysis) is 1. The second-order valence-corrected chi connectivity index (χ2v) is 5.72. The molecule has 1 aliphatic heterocycles. The van der Waals surface area contributed by atoms with Gasteiger partial charge in [-0.05, 0) is 47.0 Å². The van der Waals surface area contributed by atoms with Crippen LogP contribution >= 0.6 is 0 Å². The number of carbonyl (C=O) groups excluding carboxylic acids is 1. The maximum atomic E-state index is 11.7. The Kier molecular flexibility index (Phi) is 4.80. The van der Waals surface area contributed by atoms with E-state index < -0.39 is 5.60 Å². The molecule has 1 rings (SSSR count). The maximum absolute atomic E-state index is 11.7. The lowest BCUT2D eigenvalue weighted by Gasteiger charge is -2.26. The fraction of sp³-hybridized carbons (Fsp3) is 0.923. The van der Waals surface area contributed by atoms with Crippen molar-refractivity contribution in [1.29, 1.82) is 0 Å². The van der Waals surface area contributed by atoms with Crippen molar-refractivity contribution >= 4 is 6.09 Å². The molecule has 0 radical (unpaired) electrons. The van der Waals surface area contributed by atoms with E-state index in [9.17, 15) is 4.79 Å². The minimum Gasteiger partial charge on any atom is -0.444 e. The van der Waals surface area contributed by atoms with Crippen molar-refractivity contribution in [2.75, 3.05) is 0 Å². The van der Waals surface area contributed by atoms with E-state index in [1.165, 1.54) is 0 Å². The smallest absolute Gasteiger partial charge is 0.407 e. The Morgan fingerprint density at radius 1 is 1.47 bits per heavy atom. The van der Waals surface area contributed by atoms with Gasteiger partial charge in [0.05, 0.1) is 18.2 Å². The van der Waals surface area contributed by atoms with Crippen LogP contribution in [0.25, 0.3) is 0 Å². The summed E-state index contributed by atoms with van der Waals surface area (Å²) in [5.41, 5.74) is -0.452. The first kappa shape index (κ1) is 14.3. The van der Waals surface area contributed by atoms with Crippen molar-refractivity contribution in [2.24, 2.45) is 0 Å². The first-order valence-corrected chi connectivity index (χ1v) is 6.46. The van der Waals surface area contributed by atoms with Crippen molar-refractivity contribution in [1.82, 2.24) is 5.32 Å². The van der Waals surface area contributed by atoms with Crippen molar-refractivity contribution in [3.8, 4) is 0 Å². The zero-order valence-corrected chi connectivity index (χ0v) is 11.6. The number of ether oxygens (including phenoxy) is 2. The van der Waals surface area contributed by atoms with Crippen LogP contribution in [0.2, 0.25) is 0 Å². The van der Waals surface area contributed by atoms with Gasteiger partial charge in [0, 0.05) is 0 Å². The molecule has 1 aliphatic rings. The van der Waals surface area contributed by atoms with Crippen molar-refractivity contribution in [3.05, 3.63) is 0 Å². The Hall–Kier alpha value is -0.770. The molecular weight excluding hydrogens is 218 g/mol. The third-order valence-electron chi connectivity index (χ3n) is 2.86. The largest absolute Gasteiger partial charge is 0.444 e. The summed E-state index contributed by atoms with van der Waals surface area (Å²) in [5.74, 6) is 0. The molecular formula is C13H25NO3. The first-order chi connectivity index (χ1) is 7.81. The van der Waals surface area contributed by atoms with E-state index in [1.807, 2.05) is 27.7 Å². The summed E-state index contributed by atoms with van der Waals surface area (Å²) in [5, 5.41) is 2.90. The molecule has 1 saturated heterocycles. The van der Waals surface area contributed by atoms with E-state index in [0.717, 1.165) is 19.3 Å². The Balaban J connectivity index is 2.44. The third kappa shape index (κ3) is 4.94. The van der Waals surface area contributed by atoms with Crippen LogP contribution in [-0.4, -0.2) is 29.9 Å². The molecule has 0 spiro atoms. The van der Waals surface area contributed by atoms with Crippen molar-refractivity contribution < 1.29 is 14.3 Å². The maximum Gasteiger partial charge on any atom is 0.407 e. The molecule has 0 aromatic heterocycles. The molecule has 0 bridgehead atoms. The van der Waals surface area contributed by atoms with E-state index in [-0.39, 0.29) is 18.2 Å². The van der Waals surface area contributed by atoms with Gasteiger partial charge in [0.15, 0.2) is 0 Å². The van der Waals surface area contributed by atoms with Gasteiger partial charge in [0.25, 0.3) is 0 Å². The second kappa shape index (κ2) is 5.71. The Labute approximate surface area is 104 Å². The quantitative estimate of drug-likeness (QED) is 0.829. The zero-order chi connectivity index (χ0) is 13.1. The van der Waals surface area contributed by atoms with E-state index in [1.54, 1.807) is 0 Å². The highest BCUT2D eigenvalue weighted by atomic mass is 16.6. The lowest BCUT2D eigenvalue weighted by molar-refractivity contribution is 0.0178. The predicted molar refractivity (Wildman–Crippen MR) is 67.0 cm³/mol. The highest BCUT2D eigenvalue weighted by Crippen LogP contribution is 2.23. The highest BCUT2D eigenvalue weighted by molar-refractivity contribution is 5.68. The fourth-order valence-electron chi connectivity index (χ4n) is 2.05. The van der Waals surface area contributed by atoms with Crippen LogP contribution in [0.15, 0.2) is 0 Å². The molecule has 0 unspecified atom stereocenters. The molecule has 1 amide bonds. The van der Waals surface area contributed by atoms with Gasteiger partial charge in [-0.15, -0.1) is 0 Å². The molecule has 1 fully saturated rings. The second-order valence-electron chi connectivity index (χ2n) is 5.72. The lowest BCUT2D eigenvalue weighted by atomic mass is 10.1. The standard InChI is InChI=1S/C13H25NO3/c1-6-10(11-8-7-9(2)16-11)14-12(15)17-13(3,4)5/h9-11H,6-8H2,1-5H3,(H,14,15)/t9-,10-,11-/m1/s1. The predicted octanol–water partition coefficient (Wildman–Crippen LogP) is 2.86. The van der Waals surface area contributed by atoms with Crippen LogP contribution < -0.4 is 5.32 Å². The van der Waals surface area contributed by atoms with Crippen LogP contribution in [-0.2, 0) is 9.47 Å². The van der Waals surface area contributed by atoms with Crippen molar-refractivity contribution in [2.45, 2.75) is 77.7 Å². The normalized spacial score (nSPS) is 26.6. The monoisotopic (exact) mass is 243 g/mol. The highest BCUT2D eigenvalue weighted by Gasteiger charge is 2.30. The lowest BCUT2D eigenvalue weighted by Crippen LogP contribution is -2.45. The van der Waals surface area contributed by atoms with Gasteiger partial charge in [-0.2, -0.15) is 0 Å². The molecule has 4 nitrogen and oxygen atoms in total. The summed E-state index contributed by atoms with van der Waals surface area (Å²) in [6.45, 7) is 9.71. The van der Waals surface area contributed by atoms with Gasteiger partial charge in [-0.3, -0.25) is 0 Å². The minimum absolute atomic E-state index is 0.0507. The number of rotatable bonds is 3. The molecule has 0 aliphatic carbocycles. The Bertz CT molecular complexity index is 260. The summed E-state index contributed by atoms with van der Waals surface area (Å²) in [4.78, 5) is 11.7. The van der Waals surface area contributed by atoms with E-state index >= 15 is 0 Å². The van der Waals surface area contributed by atoms with Crippen LogP contribution in [0.3, 0.4) is 0 Å². The molecule has 4 heteroatoms. The van der Waals surface area contributed by atoms with Crippen LogP contribution in [0.1, 0.15) is 53.9 Å². The summed E-state index contributed by atoms with van der Waals surface area (Å²) in [6.07, 6.45) is 3.01. The molecule has 1 heterocycles. The SMILES string of the molecule is CC[C@@H](NC(=O)OC(C)(C)C)[C@H]1CC[C@@H](C)O1. The van der Waals surface area contributed by atoms with E-state index in [0.29, 0.717) is 6.10 Å². The van der Waals surface area contributed by atoms with Crippen molar-refractivity contribution in [3.63, 3.8) is 0 Å². The average molecular weight is 243 g/mol. The third-order valence-corrected chi connectivity index (χ3v) is 2.86. The molecule has 100 valence electrons. The van der Waals surface area contributed by atoms with Gasteiger partial charge in [-0.1, -0.05) is 6.92 Å². The molecule has 0 aromatic rings. The summed E-state index contributed by atoms with van der Waals surface area (Å²) >= 11 is 0. The molecule has 3 atom stereocenters. The van der Waals surface area contributed by atoms with Gasteiger partial charge in [-0.25, -0.2) is 4.79 Å². The fourth-order valence-corrected chi connectivity index (χ4v) is 2.05. The van der Waals surface area contributed by atoms with Gasteiger partial charge < -0.3 is 14.8 Å². The molecule has 0 aromatic carbocycles. The van der Waals surface area contributed by atoms with E-state index in [2.05, 4.69) is 12.2 Å². The Morgan fingerprint density at radius 3 is 2.53 bits per heavy atom. The summed E-state index contributed by atoms with van der Waals surface area (Å²) in [6, 6.07) is 0.0507. The average Bonchev–Trinajstić information content (AvgIpc) is 2.58. The number of amides is 1. The van der Waals surface area contributed by atoms with Crippen LogP contribution in [0, 0.1) is 0 Å². The molecule has 1 N–H and O–H groups in total. The van der Waals surface area contributed by atoms with E-state index in [4.69, 9.17) is 9.47 Å². The number of hydrogen-bond donors (Lipinski definition) is 1. The zero-order valence-electron chi connectivity index (χ0n) is 11.6. The van der Waals surface area contributed by atoms with Crippen LogP contribution in [0.4, 0.5) is 4.79 Å². The summed E-state index contributed by atoms with van der Waals surface area (Å²) in [7, 11) is 0. The van der Waals surface area contributed by atoms with Crippen LogP contribution in [0.5, 0.6) is 0 Å². The number of carbonyl (C=O) groups is 1. The Morgan fingerprint density at radius 2 is 2.12 bits per heavy atom.